The van der Waals surface area contributed by atoms with Gasteiger partial charge in [-0.2, -0.15) is 0 Å². The van der Waals surface area contributed by atoms with Crippen LogP contribution in [0, 0.1) is 0 Å². The minimum Gasteiger partial charge on any atom is -0.508 e. The van der Waals surface area contributed by atoms with Crippen molar-refractivity contribution in [3.8, 4) is 5.75 Å². The molecule has 0 radical (unpaired) electrons. The fourth-order valence-electron chi connectivity index (χ4n) is 1.21. The molecule has 0 saturated heterocycles. The van der Waals surface area contributed by atoms with E-state index < -0.39 is 0 Å². The molecule has 0 aliphatic heterocycles. The van der Waals surface area contributed by atoms with Crippen LogP contribution in [0.2, 0.25) is 0 Å². The highest BCUT2D eigenvalue weighted by molar-refractivity contribution is 6.17. The number of aryl methyl sites for hydroxylation is 1. The van der Waals surface area contributed by atoms with Crippen molar-refractivity contribution in [3.05, 3.63) is 29.3 Å². The van der Waals surface area contributed by atoms with Crippen LogP contribution in [0.25, 0.3) is 0 Å². The second kappa shape index (κ2) is 5.10. The zero-order valence-corrected chi connectivity index (χ0v) is 8.22. The van der Waals surface area contributed by atoms with Crippen molar-refractivity contribution < 1.29 is 5.11 Å². The van der Waals surface area contributed by atoms with E-state index in [-0.39, 0.29) is 0 Å². The van der Waals surface area contributed by atoms with Crippen molar-refractivity contribution in [3.63, 3.8) is 0 Å². The molecule has 1 rings (SSSR count). The second-order valence-corrected chi connectivity index (χ2v) is 3.26. The number of hydrogen-bond donors (Lipinski definition) is 2. The third kappa shape index (κ3) is 2.90. The molecule has 3 N–H and O–H groups in total. The predicted octanol–water partition coefficient (Wildman–Crippen LogP) is 2.02. The topological polar surface area (TPSA) is 46.2 Å². The quantitative estimate of drug-likeness (QED) is 0.729. The summed E-state index contributed by atoms with van der Waals surface area (Å²) in [4.78, 5) is 0. The van der Waals surface area contributed by atoms with Crippen LogP contribution in [0.15, 0.2) is 18.2 Å². The fourth-order valence-corrected chi connectivity index (χ4v) is 1.38. The van der Waals surface area contributed by atoms with Crippen LogP contribution in [0.5, 0.6) is 5.75 Å². The SMILES string of the molecule is NCCCc1cc(CCl)ccc1O. The predicted molar refractivity (Wildman–Crippen MR) is 55.0 cm³/mol. The number of hydrogen-bond acceptors (Lipinski definition) is 2. The third-order valence-corrected chi connectivity index (χ3v) is 2.26. The molecule has 0 amide bonds. The van der Waals surface area contributed by atoms with E-state index in [1.807, 2.05) is 12.1 Å². The molecular weight excluding hydrogens is 186 g/mol. The van der Waals surface area contributed by atoms with Gasteiger partial charge in [-0.3, -0.25) is 0 Å². The fraction of sp³-hybridized carbons (Fsp3) is 0.400. The summed E-state index contributed by atoms with van der Waals surface area (Å²) < 4.78 is 0. The summed E-state index contributed by atoms with van der Waals surface area (Å²) >= 11 is 5.68. The molecule has 0 aliphatic carbocycles. The summed E-state index contributed by atoms with van der Waals surface area (Å²) in [5.41, 5.74) is 7.36. The van der Waals surface area contributed by atoms with Crippen LogP contribution in [-0.2, 0) is 12.3 Å². The number of rotatable bonds is 4. The van der Waals surface area contributed by atoms with E-state index >= 15 is 0 Å². The highest BCUT2D eigenvalue weighted by Crippen LogP contribution is 2.20. The average molecular weight is 200 g/mol. The van der Waals surface area contributed by atoms with Crippen molar-refractivity contribution >= 4 is 11.6 Å². The Morgan fingerprint density at radius 1 is 1.38 bits per heavy atom. The van der Waals surface area contributed by atoms with E-state index in [1.165, 1.54) is 0 Å². The van der Waals surface area contributed by atoms with Crippen molar-refractivity contribution in [1.29, 1.82) is 0 Å². The molecule has 0 bridgehead atoms. The number of aromatic hydroxyl groups is 1. The maximum Gasteiger partial charge on any atom is 0.118 e. The van der Waals surface area contributed by atoms with Gasteiger partial charge in [-0.15, -0.1) is 11.6 Å². The lowest BCUT2D eigenvalue weighted by Gasteiger charge is -2.05. The molecule has 0 aromatic heterocycles. The number of phenolic OH excluding ortho intramolecular Hbond substituents is 1. The summed E-state index contributed by atoms with van der Waals surface area (Å²) in [5, 5.41) is 9.47. The molecule has 1 aromatic carbocycles. The number of phenols is 1. The molecule has 1 aromatic rings. The number of alkyl halides is 1. The van der Waals surface area contributed by atoms with Gasteiger partial charge >= 0.3 is 0 Å². The van der Waals surface area contributed by atoms with Gasteiger partial charge in [-0.25, -0.2) is 0 Å². The summed E-state index contributed by atoms with van der Waals surface area (Å²) in [6.07, 6.45) is 1.70. The summed E-state index contributed by atoms with van der Waals surface area (Å²) in [6.45, 7) is 0.643. The van der Waals surface area contributed by atoms with Gasteiger partial charge in [-0.1, -0.05) is 12.1 Å². The standard InChI is InChI=1S/C10H14ClNO/c11-7-8-3-4-10(13)9(6-8)2-1-5-12/h3-4,6,13H,1-2,5,7,12H2. The number of benzene rings is 1. The summed E-state index contributed by atoms with van der Waals surface area (Å²) in [5.74, 6) is 0.818. The molecule has 72 valence electrons. The summed E-state index contributed by atoms with van der Waals surface area (Å²) in [7, 11) is 0. The van der Waals surface area contributed by atoms with Crippen molar-refractivity contribution in [1.82, 2.24) is 0 Å². The van der Waals surface area contributed by atoms with Crippen LogP contribution in [0.4, 0.5) is 0 Å². The second-order valence-electron chi connectivity index (χ2n) is 2.99. The molecule has 13 heavy (non-hydrogen) atoms. The van der Waals surface area contributed by atoms with Gasteiger partial charge in [0.05, 0.1) is 0 Å². The lowest BCUT2D eigenvalue weighted by molar-refractivity contribution is 0.467. The first-order valence-corrected chi connectivity index (χ1v) is 4.88. The van der Waals surface area contributed by atoms with Crippen LogP contribution in [-0.4, -0.2) is 11.7 Å². The Hall–Kier alpha value is -0.730. The molecule has 0 heterocycles. The number of halogens is 1. The van der Waals surface area contributed by atoms with Gasteiger partial charge in [0.25, 0.3) is 0 Å². The highest BCUT2D eigenvalue weighted by atomic mass is 35.5. The lowest BCUT2D eigenvalue weighted by Crippen LogP contribution is -2.00. The Morgan fingerprint density at radius 3 is 2.77 bits per heavy atom. The normalized spacial score (nSPS) is 10.3. The minimum atomic E-state index is 0.335. The van der Waals surface area contributed by atoms with E-state index in [0.29, 0.717) is 18.2 Å². The Kier molecular flexibility index (Phi) is 4.06. The Bertz CT molecular complexity index is 276. The van der Waals surface area contributed by atoms with Gasteiger partial charge in [0, 0.05) is 5.88 Å². The van der Waals surface area contributed by atoms with Gasteiger partial charge in [0.1, 0.15) is 5.75 Å². The first kappa shape index (κ1) is 10.4. The van der Waals surface area contributed by atoms with Gasteiger partial charge < -0.3 is 10.8 Å². The van der Waals surface area contributed by atoms with Crippen molar-refractivity contribution in [2.45, 2.75) is 18.7 Å². The highest BCUT2D eigenvalue weighted by Gasteiger charge is 2.01. The van der Waals surface area contributed by atoms with Gasteiger partial charge in [-0.05, 0) is 36.6 Å². The molecule has 0 aliphatic rings. The zero-order chi connectivity index (χ0) is 9.68. The van der Waals surface area contributed by atoms with Gasteiger partial charge in [0.2, 0.25) is 0 Å². The maximum absolute atomic E-state index is 9.47. The smallest absolute Gasteiger partial charge is 0.118 e. The van der Waals surface area contributed by atoms with Crippen LogP contribution in [0.3, 0.4) is 0 Å². The first-order chi connectivity index (χ1) is 6.27. The third-order valence-electron chi connectivity index (χ3n) is 1.95. The molecular formula is C10H14ClNO. The van der Waals surface area contributed by atoms with Crippen LogP contribution in [0.1, 0.15) is 17.5 Å². The number of nitrogens with two attached hydrogens (primary N) is 1. The molecule has 0 saturated carbocycles. The Morgan fingerprint density at radius 2 is 2.15 bits per heavy atom. The Labute approximate surface area is 83.3 Å². The largest absolute Gasteiger partial charge is 0.508 e. The van der Waals surface area contributed by atoms with E-state index in [2.05, 4.69) is 0 Å². The molecule has 0 unspecified atom stereocenters. The Balaban J connectivity index is 2.78. The zero-order valence-electron chi connectivity index (χ0n) is 7.46. The first-order valence-electron chi connectivity index (χ1n) is 4.34. The molecule has 3 heteroatoms. The van der Waals surface area contributed by atoms with Crippen molar-refractivity contribution in [2.75, 3.05) is 6.54 Å². The van der Waals surface area contributed by atoms with E-state index in [1.54, 1.807) is 6.07 Å². The van der Waals surface area contributed by atoms with Crippen molar-refractivity contribution in [2.24, 2.45) is 5.73 Å². The average Bonchev–Trinajstić information content (AvgIpc) is 2.17. The molecule has 0 spiro atoms. The van der Waals surface area contributed by atoms with E-state index in [4.69, 9.17) is 17.3 Å². The minimum absolute atomic E-state index is 0.335. The van der Waals surface area contributed by atoms with Crippen LogP contribution >= 0.6 is 11.6 Å². The molecule has 0 atom stereocenters. The van der Waals surface area contributed by atoms with Crippen LogP contribution < -0.4 is 5.73 Å². The monoisotopic (exact) mass is 199 g/mol. The lowest BCUT2D eigenvalue weighted by atomic mass is 10.1. The van der Waals surface area contributed by atoms with E-state index in [9.17, 15) is 5.11 Å². The van der Waals surface area contributed by atoms with Gasteiger partial charge in [0.15, 0.2) is 0 Å². The maximum atomic E-state index is 9.47. The molecule has 2 nitrogen and oxygen atoms in total. The summed E-state index contributed by atoms with van der Waals surface area (Å²) in [6, 6.07) is 5.44. The van der Waals surface area contributed by atoms with E-state index in [0.717, 1.165) is 24.0 Å². The molecule has 0 fully saturated rings.